The molecule has 0 bridgehead atoms. The van der Waals surface area contributed by atoms with Gasteiger partial charge in [0.15, 0.2) is 5.69 Å². The second kappa shape index (κ2) is 7.57. The number of nitro groups is 2. The number of terminal acetylenes is 1. The van der Waals surface area contributed by atoms with Crippen molar-refractivity contribution < 1.29 is 27.8 Å². The molecular formula is C15H14F3N3O5. The molecule has 1 aliphatic rings. The molecule has 0 aromatic heterocycles. The molecule has 1 saturated heterocycles. The highest BCUT2D eigenvalue weighted by molar-refractivity contribution is 5.76. The summed E-state index contributed by atoms with van der Waals surface area (Å²) in [6, 6.07) is 0.558. The van der Waals surface area contributed by atoms with Gasteiger partial charge < -0.3 is 9.64 Å². The van der Waals surface area contributed by atoms with Crippen LogP contribution >= 0.6 is 0 Å². The fraction of sp³-hybridized carbons (Fsp3) is 0.467. The fourth-order valence-corrected chi connectivity index (χ4v) is 2.75. The maximum atomic E-state index is 13.0. The van der Waals surface area contributed by atoms with Crippen molar-refractivity contribution in [1.29, 1.82) is 0 Å². The van der Waals surface area contributed by atoms with Crippen molar-refractivity contribution >= 4 is 17.1 Å². The molecule has 0 saturated carbocycles. The van der Waals surface area contributed by atoms with E-state index in [0.717, 1.165) is 11.3 Å². The summed E-state index contributed by atoms with van der Waals surface area (Å²) < 4.78 is 44.3. The average molecular weight is 373 g/mol. The molecule has 0 N–H and O–H groups in total. The monoisotopic (exact) mass is 373 g/mol. The topological polar surface area (TPSA) is 98.8 Å². The lowest BCUT2D eigenvalue weighted by Gasteiger charge is -2.25. The Balaban J connectivity index is 2.63. The van der Waals surface area contributed by atoms with Crippen LogP contribution in [0.3, 0.4) is 0 Å². The Hall–Kier alpha value is -2.87. The van der Waals surface area contributed by atoms with Gasteiger partial charge in [-0.3, -0.25) is 20.2 Å². The number of hydrogen-bond acceptors (Lipinski definition) is 6. The van der Waals surface area contributed by atoms with E-state index < -0.39 is 38.6 Å². The van der Waals surface area contributed by atoms with Crippen LogP contribution in [0.2, 0.25) is 0 Å². The summed E-state index contributed by atoms with van der Waals surface area (Å²) in [5.41, 5.74) is -4.08. The maximum Gasteiger partial charge on any atom is 0.416 e. The summed E-state index contributed by atoms with van der Waals surface area (Å²) in [6.45, 7) is 0.204. The van der Waals surface area contributed by atoms with Gasteiger partial charge in [-0.2, -0.15) is 13.2 Å². The molecule has 1 fully saturated rings. The zero-order chi connectivity index (χ0) is 19.5. The van der Waals surface area contributed by atoms with Crippen LogP contribution in [0.25, 0.3) is 0 Å². The van der Waals surface area contributed by atoms with Crippen LogP contribution in [0.4, 0.5) is 30.2 Å². The minimum Gasteiger partial charge on any atom is -0.376 e. The van der Waals surface area contributed by atoms with E-state index in [-0.39, 0.29) is 31.3 Å². The molecule has 0 aliphatic carbocycles. The zero-order valence-corrected chi connectivity index (χ0v) is 13.4. The van der Waals surface area contributed by atoms with E-state index >= 15 is 0 Å². The number of hydrogen-bond donors (Lipinski definition) is 0. The van der Waals surface area contributed by atoms with E-state index in [1.165, 1.54) is 0 Å². The molecule has 0 radical (unpaired) electrons. The van der Waals surface area contributed by atoms with E-state index in [9.17, 15) is 33.4 Å². The van der Waals surface area contributed by atoms with E-state index in [1.807, 2.05) is 0 Å². The van der Waals surface area contributed by atoms with Gasteiger partial charge in [0, 0.05) is 25.3 Å². The summed E-state index contributed by atoms with van der Waals surface area (Å²) >= 11 is 0. The second-order valence-corrected chi connectivity index (χ2v) is 5.59. The number of rotatable bonds is 6. The quantitative estimate of drug-likeness (QED) is 0.432. The van der Waals surface area contributed by atoms with Crippen LogP contribution in [0, 0.1) is 32.6 Å². The number of alkyl halides is 3. The van der Waals surface area contributed by atoms with Crippen molar-refractivity contribution in [3.8, 4) is 12.3 Å². The van der Waals surface area contributed by atoms with E-state index in [4.69, 9.17) is 11.2 Å². The molecule has 1 aromatic rings. The Morgan fingerprint density at radius 2 is 1.85 bits per heavy atom. The molecule has 1 heterocycles. The molecule has 140 valence electrons. The van der Waals surface area contributed by atoms with Crippen LogP contribution in [0.5, 0.6) is 0 Å². The summed E-state index contributed by atoms with van der Waals surface area (Å²) in [4.78, 5) is 21.6. The first-order valence-corrected chi connectivity index (χ1v) is 7.49. The van der Waals surface area contributed by atoms with Crippen molar-refractivity contribution in [2.45, 2.75) is 25.1 Å². The smallest absolute Gasteiger partial charge is 0.376 e. The number of benzene rings is 1. The first kappa shape index (κ1) is 19.5. The third kappa shape index (κ3) is 4.20. The summed E-state index contributed by atoms with van der Waals surface area (Å²) in [6.07, 6.45) is 1.25. The van der Waals surface area contributed by atoms with Gasteiger partial charge in [0.25, 0.3) is 11.4 Å². The first-order chi connectivity index (χ1) is 12.1. The standard InChI is InChI=1S/C15H14F3N3O5/c1-2-5-19(9-11-4-3-6-26-11)14-12(20(22)23)7-10(15(16,17)18)8-13(14)21(24)25/h1,7-8,11H,3-6,9H2. The molecule has 1 aliphatic heterocycles. The number of anilines is 1. The predicted octanol–water partition coefficient (Wildman–Crippen LogP) is 3.14. The van der Waals surface area contributed by atoms with Crippen LogP contribution in [0.15, 0.2) is 12.1 Å². The molecule has 0 amide bonds. The predicted molar refractivity (Wildman–Crippen MR) is 84.8 cm³/mol. The molecule has 11 heteroatoms. The van der Waals surface area contributed by atoms with Gasteiger partial charge in [0.05, 0.1) is 28.1 Å². The molecule has 1 unspecified atom stereocenters. The Kier molecular flexibility index (Phi) is 5.66. The van der Waals surface area contributed by atoms with Crippen molar-refractivity contribution in [1.82, 2.24) is 0 Å². The Bertz CT molecular complexity index is 719. The molecule has 26 heavy (non-hydrogen) atoms. The van der Waals surface area contributed by atoms with Crippen LogP contribution in [-0.4, -0.2) is 35.6 Å². The van der Waals surface area contributed by atoms with Crippen molar-refractivity contribution in [2.24, 2.45) is 0 Å². The van der Waals surface area contributed by atoms with Gasteiger partial charge in [-0.15, -0.1) is 6.42 Å². The Morgan fingerprint density at radius 1 is 1.27 bits per heavy atom. The SMILES string of the molecule is C#CCN(CC1CCCO1)c1c([N+](=O)[O-])cc(C(F)(F)F)cc1[N+](=O)[O-]. The van der Waals surface area contributed by atoms with Gasteiger partial charge in [-0.05, 0) is 12.8 Å². The molecule has 8 nitrogen and oxygen atoms in total. The largest absolute Gasteiger partial charge is 0.416 e. The number of nitrogens with zero attached hydrogens (tertiary/aromatic N) is 3. The summed E-state index contributed by atoms with van der Waals surface area (Å²) in [5.74, 6) is 2.22. The van der Waals surface area contributed by atoms with E-state index in [1.54, 1.807) is 0 Å². The second-order valence-electron chi connectivity index (χ2n) is 5.59. The number of ether oxygens (including phenoxy) is 1. The van der Waals surface area contributed by atoms with E-state index in [0.29, 0.717) is 13.0 Å². The molecule has 1 atom stereocenters. The molecule has 0 spiro atoms. The van der Waals surface area contributed by atoms with E-state index in [2.05, 4.69) is 5.92 Å². The lowest BCUT2D eigenvalue weighted by atomic mass is 10.1. The van der Waals surface area contributed by atoms with Gasteiger partial charge in [-0.25, -0.2) is 0 Å². The highest BCUT2D eigenvalue weighted by Gasteiger charge is 2.39. The van der Waals surface area contributed by atoms with Gasteiger partial charge in [0.1, 0.15) is 0 Å². The molecular weight excluding hydrogens is 359 g/mol. The van der Waals surface area contributed by atoms with Crippen LogP contribution in [0.1, 0.15) is 18.4 Å². The minimum absolute atomic E-state index is 0.00273. The summed E-state index contributed by atoms with van der Waals surface area (Å²) in [7, 11) is 0. The van der Waals surface area contributed by atoms with Crippen molar-refractivity contribution in [2.75, 3.05) is 24.6 Å². The Labute approximate surface area is 145 Å². The van der Waals surface area contributed by atoms with Crippen molar-refractivity contribution in [3.05, 3.63) is 37.9 Å². The van der Waals surface area contributed by atoms with Gasteiger partial charge in [0.2, 0.25) is 0 Å². The normalized spacial score (nSPS) is 16.9. The lowest BCUT2D eigenvalue weighted by Crippen LogP contribution is -2.33. The van der Waals surface area contributed by atoms with Gasteiger partial charge in [-0.1, -0.05) is 5.92 Å². The average Bonchev–Trinajstić information content (AvgIpc) is 3.05. The third-order valence-corrected chi connectivity index (χ3v) is 3.84. The number of nitro benzene ring substituents is 2. The minimum atomic E-state index is -4.97. The number of halogens is 3. The lowest BCUT2D eigenvalue weighted by molar-refractivity contribution is -0.393. The van der Waals surface area contributed by atoms with Crippen LogP contribution in [-0.2, 0) is 10.9 Å². The maximum absolute atomic E-state index is 13.0. The fourth-order valence-electron chi connectivity index (χ4n) is 2.75. The third-order valence-electron chi connectivity index (χ3n) is 3.84. The van der Waals surface area contributed by atoms with Crippen molar-refractivity contribution in [3.63, 3.8) is 0 Å². The highest BCUT2D eigenvalue weighted by Crippen LogP contribution is 2.43. The van der Waals surface area contributed by atoms with Gasteiger partial charge >= 0.3 is 6.18 Å². The highest BCUT2D eigenvalue weighted by atomic mass is 19.4. The summed E-state index contributed by atoms with van der Waals surface area (Å²) in [5, 5.41) is 22.7. The Morgan fingerprint density at radius 3 is 2.23 bits per heavy atom. The zero-order valence-electron chi connectivity index (χ0n) is 13.4. The molecule has 2 rings (SSSR count). The first-order valence-electron chi connectivity index (χ1n) is 7.49. The molecule has 1 aromatic carbocycles. The van der Waals surface area contributed by atoms with Crippen LogP contribution < -0.4 is 4.90 Å².